The average Bonchev–Trinajstić information content (AvgIpc) is 3.13. The van der Waals surface area contributed by atoms with E-state index in [0.717, 1.165) is 58.4 Å². The van der Waals surface area contributed by atoms with Gasteiger partial charge in [-0.15, -0.1) is 24.0 Å². The maximum absolute atomic E-state index is 5.48. The Balaban J connectivity index is 0.00000261. The summed E-state index contributed by atoms with van der Waals surface area (Å²) in [6.45, 7) is 7.76. The van der Waals surface area contributed by atoms with Gasteiger partial charge in [0.1, 0.15) is 0 Å². The van der Waals surface area contributed by atoms with E-state index in [9.17, 15) is 0 Å². The summed E-state index contributed by atoms with van der Waals surface area (Å²) < 4.78 is 5.48. The van der Waals surface area contributed by atoms with Gasteiger partial charge in [-0.3, -0.25) is 9.89 Å². The summed E-state index contributed by atoms with van der Waals surface area (Å²) in [4.78, 5) is 11.7. The molecule has 0 radical (unpaired) electrons. The number of ether oxygens (including phenoxy) is 1. The van der Waals surface area contributed by atoms with Crippen molar-refractivity contribution in [3.63, 3.8) is 0 Å². The van der Waals surface area contributed by atoms with Crippen LogP contribution in [0.25, 0.3) is 0 Å². The Bertz CT molecular complexity index is 604. The fraction of sp³-hybridized carbons (Fsp3) is 0.650. The molecule has 2 aliphatic heterocycles. The van der Waals surface area contributed by atoms with E-state index in [-0.39, 0.29) is 24.0 Å². The minimum atomic E-state index is 0. The molecule has 0 aromatic heterocycles. The number of nitrogens with one attached hydrogen (secondary N) is 1. The largest absolute Gasteiger partial charge is 0.379 e. The Labute approximate surface area is 181 Å². The predicted octanol–water partition coefficient (Wildman–Crippen LogP) is 1.85. The van der Waals surface area contributed by atoms with Gasteiger partial charge in [-0.05, 0) is 31.6 Å². The highest BCUT2D eigenvalue weighted by molar-refractivity contribution is 14.0. The van der Waals surface area contributed by atoms with Crippen LogP contribution >= 0.6 is 24.0 Å². The third kappa shape index (κ3) is 6.58. The molecule has 2 saturated heterocycles. The average molecular weight is 487 g/mol. The van der Waals surface area contributed by atoms with E-state index in [1.165, 1.54) is 17.5 Å². The molecule has 0 bridgehead atoms. The Morgan fingerprint density at radius 3 is 2.67 bits per heavy atom. The van der Waals surface area contributed by atoms with Crippen molar-refractivity contribution >= 4 is 29.9 Å². The zero-order valence-electron chi connectivity index (χ0n) is 16.9. The number of morpholine rings is 1. The molecule has 0 spiro atoms. The smallest absolute Gasteiger partial charge is 0.193 e. The van der Waals surface area contributed by atoms with E-state index < -0.39 is 0 Å². The molecule has 6 nitrogen and oxygen atoms in total. The van der Waals surface area contributed by atoms with Crippen LogP contribution in [0, 0.1) is 0 Å². The van der Waals surface area contributed by atoms with Gasteiger partial charge in [0.2, 0.25) is 0 Å². The molecule has 0 amide bonds. The van der Waals surface area contributed by atoms with E-state index in [1.54, 1.807) is 0 Å². The third-order valence-electron chi connectivity index (χ3n) is 5.18. The molecule has 1 aromatic rings. The predicted molar refractivity (Wildman–Crippen MR) is 122 cm³/mol. The van der Waals surface area contributed by atoms with Crippen LogP contribution in [0.4, 0.5) is 0 Å². The molecule has 1 atom stereocenters. The molecule has 2 aliphatic rings. The lowest BCUT2D eigenvalue weighted by Crippen LogP contribution is -2.46. The van der Waals surface area contributed by atoms with Crippen molar-refractivity contribution < 1.29 is 4.74 Å². The van der Waals surface area contributed by atoms with Crippen molar-refractivity contribution in [3.8, 4) is 0 Å². The number of likely N-dealkylation sites (tertiary alicyclic amines) is 1. The van der Waals surface area contributed by atoms with Gasteiger partial charge < -0.3 is 19.9 Å². The number of hydrogen-bond acceptors (Lipinski definition) is 4. The lowest BCUT2D eigenvalue weighted by molar-refractivity contribution is 0.0195. The first-order valence-electron chi connectivity index (χ1n) is 9.65. The van der Waals surface area contributed by atoms with Gasteiger partial charge in [-0.25, -0.2) is 0 Å². The second-order valence-corrected chi connectivity index (χ2v) is 7.50. The van der Waals surface area contributed by atoms with Gasteiger partial charge in [-0.1, -0.05) is 24.3 Å². The topological polar surface area (TPSA) is 43.3 Å². The zero-order valence-corrected chi connectivity index (χ0v) is 19.2. The zero-order chi connectivity index (χ0) is 18.4. The molecular formula is C20H34IN5O. The van der Waals surface area contributed by atoms with Gasteiger partial charge >= 0.3 is 0 Å². The first-order chi connectivity index (χ1) is 12.7. The van der Waals surface area contributed by atoms with Crippen LogP contribution < -0.4 is 5.32 Å². The summed E-state index contributed by atoms with van der Waals surface area (Å²) >= 11 is 0. The van der Waals surface area contributed by atoms with Crippen LogP contribution in [0.5, 0.6) is 0 Å². The molecular weight excluding hydrogens is 453 g/mol. The van der Waals surface area contributed by atoms with Crippen molar-refractivity contribution in [2.24, 2.45) is 4.99 Å². The van der Waals surface area contributed by atoms with Gasteiger partial charge in [0.15, 0.2) is 5.96 Å². The second kappa shape index (κ2) is 11.2. The van der Waals surface area contributed by atoms with Gasteiger partial charge in [-0.2, -0.15) is 0 Å². The number of rotatable bonds is 5. The Hall–Kier alpha value is -0.900. The van der Waals surface area contributed by atoms with Gasteiger partial charge in [0.25, 0.3) is 0 Å². The van der Waals surface area contributed by atoms with Crippen molar-refractivity contribution in [2.45, 2.75) is 25.6 Å². The fourth-order valence-corrected chi connectivity index (χ4v) is 3.89. The minimum absolute atomic E-state index is 0. The Morgan fingerprint density at radius 1 is 1.22 bits per heavy atom. The summed E-state index contributed by atoms with van der Waals surface area (Å²) in [5.74, 6) is 1.01. The van der Waals surface area contributed by atoms with Gasteiger partial charge in [0.05, 0.1) is 13.2 Å². The van der Waals surface area contributed by atoms with Crippen LogP contribution in [0.3, 0.4) is 0 Å². The monoisotopic (exact) mass is 487 g/mol. The maximum Gasteiger partial charge on any atom is 0.193 e. The van der Waals surface area contributed by atoms with Crippen molar-refractivity contribution in [3.05, 3.63) is 35.4 Å². The Morgan fingerprint density at radius 2 is 1.96 bits per heavy atom. The summed E-state index contributed by atoms with van der Waals surface area (Å²) in [5, 5.41) is 3.55. The quantitative estimate of drug-likeness (QED) is 0.390. The highest BCUT2D eigenvalue weighted by Gasteiger charge is 2.30. The first-order valence-corrected chi connectivity index (χ1v) is 9.65. The van der Waals surface area contributed by atoms with Crippen molar-refractivity contribution in [2.75, 3.05) is 60.5 Å². The molecule has 152 valence electrons. The molecule has 0 aliphatic carbocycles. The van der Waals surface area contributed by atoms with Crippen LogP contribution in [-0.4, -0.2) is 87.2 Å². The van der Waals surface area contributed by atoms with Gasteiger partial charge in [0, 0.05) is 52.4 Å². The lowest BCUT2D eigenvalue weighted by Gasteiger charge is -2.32. The lowest BCUT2D eigenvalue weighted by atomic mass is 10.1. The van der Waals surface area contributed by atoms with Crippen LogP contribution in [-0.2, 0) is 17.8 Å². The molecule has 2 fully saturated rings. The van der Waals surface area contributed by atoms with E-state index in [1.807, 2.05) is 7.05 Å². The fourth-order valence-electron chi connectivity index (χ4n) is 3.89. The normalized spacial score (nSPS) is 21.4. The minimum Gasteiger partial charge on any atom is -0.379 e. The van der Waals surface area contributed by atoms with Crippen LogP contribution in [0.1, 0.15) is 17.5 Å². The number of halogens is 1. The number of aliphatic imine (C=N–C) groups is 1. The summed E-state index contributed by atoms with van der Waals surface area (Å²) in [7, 11) is 6.09. The number of nitrogens with zero attached hydrogens (tertiary/aromatic N) is 4. The van der Waals surface area contributed by atoms with E-state index in [4.69, 9.17) is 4.74 Å². The molecule has 1 unspecified atom stereocenters. The highest BCUT2D eigenvalue weighted by Crippen LogP contribution is 2.17. The molecule has 0 saturated carbocycles. The SMILES string of the molecule is CN=C(NCc1cccc(CN(C)C)c1)N1CCC(N2CCOCC2)C1.I. The standard InChI is InChI=1S/C20H33N5O.HI/c1-21-20(22-14-17-5-4-6-18(13-17)15-23(2)3)25-8-7-19(16-25)24-9-11-26-12-10-24;/h4-6,13,19H,7-12,14-16H2,1-3H3,(H,21,22);1H. The number of guanidine groups is 1. The van der Waals surface area contributed by atoms with E-state index in [0.29, 0.717) is 6.04 Å². The second-order valence-electron chi connectivity index (χ2n) is 7.50. The third-order valence-corrected chi connectivity index (χ3v) is 5.18. The summed E-state index contributed by atoms with van der Waals surface area (Å²) in [6, 6.07) is 9.41. The Kier molecular flexibility index (Phi) is 9.28. The first kappa shape index (κ1) is 22.4. The number of benzene rings is 1. The molecule has 1 aromatic carbocycles. The summed E-state index contributed by atoms with van der Waals surface area (Å²) in [6.07, 6.45) is 1.21. The molecule has 2 heterocycles. The molecule has 3 rings (SSSR count). The summed E-state index contributed by atoms with van der Waals surface area (Å²) in [5.41, 5.74) is 2.65. The highest BCUT2D eigenvalue weighted by atomic mass is 127. The van der Waals surface area contributed by atoms with Crippen LogP contribution in [0.15, 0.2) is 29.3 Å². The van der Waals surface area contributed by atoms with E-state index >= 15 is 0 Å². The number of hydrogen-bond donors (Lipinski definition) is 1. The molecule has 27 heavy (non-hydrogen) atoms. The maximum atomic E-state index is 5.48. The van der Waals surface area contributed by atoms with Crippen LogP contribution in [0.2, 0.25) is 0 Å². The van der Waals surface area contributed by atoms with Crippen molar-refractivity contribution in [1.29, 1.82) is 0 Å². The molecule has 1 N–H and O–H groups in total. The van der Waals surface area contributed by atoms with E-state index in [2.05, 4.69) is 63.4 Å². The van der Waals surface area contributed by atoms with Crippen molar-refractivity contribution in [1.82, 2.24) is 20.0 Å². The molecule has 7 heteroatoms.